The maximum atomic E-state index is 11.2. The Morgan fingerprint density at radius 2 is 1.04 bits per heavy atom. The molecule has 2 aromatic rings. The predicted octanol–water partition coefficient (Wildman–Crippen LogP) is 4.06. The van der Waals surface area contributed by atoms with Crippen LogP contribution >= 0.6 is 21.6 Å². The van der Waals surface area contributed by atoms with Gasteiger partial charge in [0, 0.05) is 9.85 Å². The van der Waals surface area contributed by atoms with E-state index in [1.54, 1.807) is 0 Å². The van der Waals surface area contributed by atoms with Crippen molar-refractivity contribution in [2.45, 2.75) is 23.6 Å². The van der Waals surface area contributed by atoms with Crippen LogP contribution in [0.25, 0.3) is 0 Å². The summed E-state index contributed by atoms with van der Waals surface area (Å²) < 4.78 is 0. The van der Waals surface area contributed by atoms with E-state index >= 15 is 0 Å². The molecule has 0 heterocycles. The van der Waals surface area contributed by atoms with Crippen molar-refractivity contribution >= 4 is 21.6 Å². The van der Waals surface area contributed by atoms with Gasteiger partial charge in [-0.25, -0.2) is 0 Å². The number of hydrogen-bond donors (Lipinski definition) is 0. The fraction of sp³-hybridized carbons (Fsp3) is 0.250. The molecule has 0 saturated heterocycles. The van der Waals surface area contributed by atoms with Crippen molar-refractivity contribution in [2.24, 2.45) is 0 Å². The third-order valence-corrected chi connectivity index (χ3v) is 6.15. The molecule has 24 heavy (non-hydrogen) atoms. The summed E-state index contributed by atoms with van der Waals surface area (Å²) in [7, 11) is 1.91. The fourth-order valence-corrected chi connectivity index (χ4v) is 4.56. The van der Waals surface area contributed by atoms with Gasteiger partial charge in [-0.1, -0.05) is 60.7 Å². The van der Waals surface area contributed by atoms with Crippen LogP contribution in [0.2, 0.25) is 0 Å². The third kappa shape index (κ3) is 5.86. The lowest BCUT2D eigenvalue weighted by Crippen LogP contribution is -2.21. The lowest BCUT2D eigenvalue weighted by atomic mass is 10.1. The van der Waals surface area contributed by atoms with Crippen molar-refractivity contribution in [1.29, 1.82) is 0 Å². The number of nitro groups is 2. The van der Waals surface area contributed by atoms with Crippen LogP contribution < -0.4 is 0 Å². The number of hydrogen-bond acceptors (Lipinski definition) is 6. The summed E-state index contributed by atoms with van der Waals surface area (Å²) in [6.45, 7) is 0. The second-order valence-electron chi connectivity index (χ2n) is 5.05. The molecule has 2 atom stereocenters. The van der Waals surface area contributed by atoms with Gasteiger partial charge in [0.25, 0.3) is 10.7 Å². The van der Waals surface area contributed by atoms with Crippen molar-refractivity contribution in [3.63, 3.8) is 0 Å². The molecule has 0 saturated carbocycles. The molecule has 0 bridgehead atoms. The minimum atomic E-state index is -0.921. The van der Waals surface area contributed by atoms with E-state index in [2.05, 4.69) is 0 Å². The lowest BCUT2D eigenvalue weighted by molar-refractivity contribution is -0.496. The van der Waals surface area contributed by atoms with Crippen LogP contribution in [0.1, 0.15) is 11.1 Å². The highest BCUT2D eigenvalue weighted by Crippen LogP contribution is 2.34. The van der Waals surface area contributed by atoms with E-state index in [0.717, 1.165) is 32.7 Å². The normalized spacial score (nSPS) is 13.2. The quantitative estimate of drug-likeness (QED) is 0.289. The molecule has 126 valence electrons. The van der Waals surface area contributed by atoms with Crippen LogP contribution in [0, 0.1) is 20.2 Å². The summed E-state index contributed by atoms with van der Waals surface area (Å²) in [6, 6.07) is 18.2. The summed E-state index contributed by atoms with van der Waals surface area (Å²) in [6.07, 6.45) is 0.475. The SMILES string of the molecule is O=[N+]([O-])C(Cc1ccccc1)SSC(Cc1ccccc1)[N+](=O)[O-]. The second-order valence-corrected chi connectivity index (χ2v) is 7.68. The number of benzene rings is 2. The van der Waals surface area contributed by atoms with Gasteiger partial charge in [0.2, 0.25) is 0 Å². The molecule has 0 radical (unpaired) electrons. The van der Waals surface area contributed by atoms with Crippen molar-refractivity contribution in [1.82, 2.24) is 0 Å². The van der Waals surface area contributed by atoms with E-state index in [1.807, 2.05) is 60.7 Å². The van der Waals surface area contributed by atoms with E-state index in [9.17, 15) is 20.2 Å². The van der Waals surface area contributed by atoms with Crippen LogP contribution in [0.4, 0.5) is 0 Å². The highest BCUT2D eigenvalue weighted by Gasteiger charge is 2.29. The molecule has 2 aromatic carbocycles. The first-order chi connectivity index (χ1) is 11.6. The molecule has 0 aromatic heterocycles. The Labute approximate surface area is 147 Å². The Bertz CT molecular complexity index is 611. The molecule has 2 unspecified atom stereocenters. The summed E-state index contributed by atoms with van der Waals surface area (Å²) in [5.74, 6) is 0. The van der Waals surface area contributed by atoms with Crippen LogP contribution in [0.5, 0.6) is 0 Å². The fourth-order valence-electron chi connectivity index (χ4n) is 2.05. The standard InChI is InChI=1S/C16H16N2O4S2/c19-17(20)15(11-13-7-3-1-4-8-13)23-24-16(18(21)22)12-14-9-5-2-6-10-14/h1-10,15-16H,11-12H2. The van der Waals surface area contributed by atoms with Crippen LogP contribution in [-0.4, -0.2) is 20.6 Å². The topological polar surface area (TPSA) is 86.3 Å². The molecule has 0 aliphatic rings. The third-order valence-electron chi connectivity index (χ3n) is 3.25. The minimum absolute atomic E-state index is 0.237. The first-order valence-corrected chi connectivity index (χ1v) is 9.51. The van der Waals surface area contributed by atoms with E-state index in [0.29, 0.717) is 0 Å². The molecular weight excluding hydrogens is 348 g/mol. The van der Waals surface area contributed by atoms with Gasteiger partial charge in [0.05, 0.1) is 12.8 Å². The monoisotopic (exact) mass is 364 g/mol. The van der Waals surface area contributed by atoms with Gasteiger partial charge < -0.3 is 0 Å². The number of rotatable bonds is 9. The Morgan fingerprint density at radius 3 is 1.33 bits per heavy atom. The zero-order chi connectivity index (χ0) is 17.4. The predicted molar refractivity (Wildman–Crippen MR) is 97.0 cm³/mol. The molecular formula is C16H16N2O4S2. The van der Waals surface area contributed by atoms with Gasteiger partial charge in [-0.3, -0.25) is 20.2 Å². The van der Waals surface area contributed by atoms with Crippen molar-refractivity contribution in [3.05, 3.63) is 92.0 Å². The Morgan fingerprint density at radius 1 is 0.708 bits per heavy atom. The maximum Gasteiger partial charge on any atom is 0.272 e. The summed E-state index contributed by atoms with van der Waals surface area (Å²) >= 11 is 0. The van der Waals surface area contributed by atoms with Crippen molar-refractivity contribution in [2.75, 3.05) is 0 Å². The Balaban J connectivity index is 1.97. The smallest absolute Gasteiger partial charge is 0.263 e. The van der Waals surface area contributed by atoms with Gasteiger partial charge in [0.1, 0.15) is 0 Å². The van der Waals surface area contributed by atoms with Crippen LogP contribution in [0.3, 0.4) is 0 Å². The van der Waals surface area contributed by atoms with Gasteiger partial charge >= 0.3 is 0 Å². The zero-order valence-electron chi connectivity index (χ0n) is 12.7. The largest absolute Gasteiger partial charge is 0.272 e. The first kappa shape index (κ1) is 18.3. The van der Waals surface area contributed by atoms with Crippen LogP contribution in [-0.2, 0) is 12.8 Å². The summed E-state index contributed by atoms with van der Waals surface area (Å²) in [5.41, 5.74) is 1.68. The van der Waals surface area contributed by atoms with E-state index < -0.39 is 10.7 Å². The molecule has 0 N–H and O–H groups in total. The molecule has 0 fully saturated rings. The van der Waals surface area contributed by atoms with Gasteiger partial charge in [-0.05, 0) is 32.7 Å². The molecule has 0 aliphatic carbocycles. The Hall–Kier alpha value is -2.06. The van der Waals surface area contributed by atoms with Gasteiger partial charge in [0.15, 0.2) is 0 Å². The molecule has 0 amide bonds. The zero-order valence-corrected chi connectivity index (χ0v) is 14.3. The first-order valence-electron chi connectivity index (χ1n) is 7.23. The summed E-state index contributed by atoms with van der Waals surface area (Å²) in [5, 5.41) is 20.7. The molecule has 2 rings (SSSR count). The van der Waals surface area contributed by atoms with E-state index in [1.165, 1.54) is 0 Å². The average Bonchev–Trinajstić information content (AvgIpc) is 2.58. The Kier molecular flexibility index (Phi) is 7.07. The van der Waals surface area contributed by atoms with Gasteiger partial charge in [-0.15, -0.1) is 0 Å². The summed E-state index contributed by atoms with van der Waals surface area (Å²) in [4.78, 5) is 21.7. The van der Waals surface area contributed by atoms with Crippen molar-refractivity contribution < 1.29 is 9.85 Å². The molecule has 6 nitrogen and oxygen atoms in total. The van der Waals surface area contributed by atoms with Crippen LogP contribution in [0.15, 0.2) is 60.7 Å². The lowest BCUT2D eigenvalue weighted by Gasteiger charge is -2.11. The maximum absolute atomic E-state index is 11.2. The average molecular weight is 364 g/mol. The minimum Gasteiger partial charge on any atom is -0.263 e. The highest BCUT2D eigenvalue weighted by molar-refractivity contribution is 8.77. The number of nitrogens with zero attached hydrogens (tertiary/aromatic N) is 2. The molecule has 8 heteroatoms. The molecule has 0 aliphatic heterocycles. The van der Waals surface area contributed by atoms with E-state index in [4.69, 9.17) is 0 Å². The van der Waals surface area contributed by atoms with Gasteiger partial charge in [-0.2, -0.15) is 0 Å². The molecule has 0 spiro atoms. The van der Waals surface area contributed by atoms with E-state index in [-0.39, 0.29) is 22.7 Å². The highest BCUT2D eigenvalue weighted by atomic mass is 33.1. The van der Waals surface area contributed by atoms with Crippen molar-refractivity contribution in [3.8, 4) is 0 Å². The second kappa shape index (κ2) is 9.29.